The van der Waals surface area contributed by atoms with Crippen LogP contribution in [0.25, 0.3) is 0 Å². The van der Waals surface area contributed by atoms with Crippen molar-refractivity contribution in [2.75, 3.05) is 18.4 Å². The van der Waals surface area contributed by atoms with E-state index in [0.717, 1.165) is 11.3 Å². The predicted octanol–water partition coefficient (Wildman–Crippen LogP) is 2.92. The molecule has 0 saturated heterocycles. The van der Waals surface area contributed by atoms with Crippen LogP contribution >= 0.6 is 7.52 Å². The Bertz CT molecular complexity index is 561. The van der Waals surface area contributed by atoms with Crippen molar-refractivity contribution in [1.82, 2.24) is 10.4 Å². The van der Waals surface area contributed by atoms with Crippen molar-refractivity contribution in [3.63, 3.8) is 0 Å². The van der Waals surface area contributed by atoms with E-state index >= 15 is 0 Å². The zero-order valence-electron chi connectivity index (χ0n) is 14.7. The second-order valence-electron chi connectivity index (χ2n) is 6.12. The summed E-state index contributed by atoms with van der Waals surface area (Å²) in [6.45, 7) is 8.05. The Hall–Kier alpha value is -1.56. The average molecular weight is 357 g/mol. The Labute approximate surface area is 143 Å². The fourth-order valence-corrected chi connectivity index (χ4v) is 2.59. The number of carbonyl (C=O) groups excluding carboxylic acids is 1. The van der Waals surface area contributed by atoms with Gasteiger partial charge in [0.1, 0.15) is 6.61 Å². The molecule has 0 aliphatic rings. The first-order chi connectivity index (χ1) is 11.2. The van der Waals surface area contributed by atoms with E-state index in [9.17, 15) is 14.3 Å². The number of rotatable bonds is 9. The number of hydrogen-bond acceptors (Lipinski definition) is 4. The van der Waals surface area contributed by atoms with Gasteiger partial charge in [0.2, 0.25) is 0 Å². The van der Waals surface area contributed by atoms with Crippen molar-refractivity contribution < 1.29 is 19.0 Å². The summed E-state index contributed by atoms with van der Waals surface area (Å²) in [5, 5.41) is 8.36. The normalized spacial score (nSPS) is 13.6. The van der Waals surface area contributed by atoms with Gasteiger partial charge in [-0.3, -0.25) is 4.57 Å². The Morgan fingerprint density at radius 1 is 1.17 bits per heavy atom. The molecule has 0 aliphatic heterocycles. The van der Waals surface area contributed by atoms with Gasteiger partial charge in [0.05, 0.1) is 0 Å². The van der Waals surface area contributed by atoms with Crippen molar-refractivity contribution in [3.8, 4) is 0 Å². The lowest BCUT2D eigenvalue weighted by Gasteiger charge is -2.16. The molecule has 0 spiro atoms. The molecule has 0 fully saturated rings. The molecule has 1 aromatic rings. The second kappa shape index (κ2) is 9.67. The highest BCUT2D eigenvalue weighted by molar-refractivity contribution is 7.56. The highest BCUT2D eigenvalue weighted by Gasteiger charge is 2.21. The van der Waals surface area contributed by atoms with E-state index in [1.54, 1.807) is 13.8 Å². The van der Waals surface area contributed by atoms with Crippen molar-refractivity contribution in [1.29, 1.82) is 0 Å². The number of ether oxygens (including phenoxy) is 1. The van der Waals surface area contributed by atoms with Gasteiger partial charge in [-0.1, -0.05) is 26.0 Å². The summed E-state index contributed by atoms with van der Waals surface area (Å²) in [4.78, 5) is 21.2. The van der Waals surface area contributed by atoms with Crippen LogP contribution < -0.4 is 15.7 Å². The third kappa shape index (κ3) is 7.81. The molecule has 0 aromatic heterocycles. The Balaban J connectivity index is 2.25. The van der Waals surface area contributed by atoms with Gasteiger partial charge in [0.15, 0.2) is 0 Å². The molecule has 136 valence electrons. The zero-order valence-corrected chi connectivity index (χ0v) is 15.6. The summed E-state index contributed by atoms with van der Waals surface area (Å²) in [6.07, 6.45) is -0.557. The molecule has 1 unspecified atom stereocenters. The molecule has 4 N–H and O–H groups in total. The van der Waals surface area contributed by atoms with Gasteiger partial charge in [-0.2, -0.15) is 0 Å². The smallest absolute Gasteiger partial charge is 0.407 e. The molecule has 0 saturated carbocycles. The summed E-state index contributed by atoms with van der Waals surface area (Å²) in [5.41, 5.74) is 1.54. The molecule has 1 atom stereocenters. The fourth-order valence-electron chi connectivity index (χ4n) is 1.79. The molecule has 8 heteroatoms. The molecule has 0 radical (unpaired) electrons. The van der Waals surface area contributed by atoms with E-state index in [4.69, 9.17) is 4.74 Å². The van der Waals surface area contributed by atoms with Gasteiger partial charge >= 0.3 is 6.09 Å². The molecular formula is C16H28N3O4P. The molecule has 0 bridgehead atoms. The first-order valence-electron chi connectivity index (χ1n) is 8.04. The molecule has 0 heterocycles. The molecule has 24 heavy (non-hydrogen) atoms. The number of carbonyl (C=O) groups is 1. The molecule has 1 aromatic carbocycles. The lowest BCUT2D eigenvalue weighted by molar-refractivity contribution is 0.140. The van der Waals surface area contributed by atoms with Gasteiger partial charge in [-0.05, 0) is 31.5 Å². The first kappa shape index (κ1) is 20.5. The Morgan fingerprint density at radius 2 is 1.79 bits per heavy atom. The van der Waals surface area contributed by atoms with E-state index in [1.807, 2.05) is 24.3 Å². The van der Waals surface area contributed by atoms with Gasteiger partial charge in [0.25, 0.3) is 7.52 Å². The molecule has 7 nitrogen and oxygen atoms in total. The van der Waals surface area contributed by atoms with Crippen LogP contribution in [0.4, 0.5) is 10.5 Å². The van der Waals surface area contributed by atoms with Crippen LogP contribution in [0.15, 0.2) is 24.3 Å². The maximum Gasteiger partial charge on any atom is 0.407 e. The van der Waals surface area contributed by atoms with Crippen molar-refractivity contribution in [2.24, 2.45) is 0 Å². The minimum atomic E-state index is -3.35. The summed E-state index contributed by atoms with van der Waals surface area (Å²) < 4.78 is 16.8. The van der Waals surface area contributed by atoms with Gasteiger partial charge in [-0.25, -0.2) is 9.88 Å². The van der Waals surface area contributed by atoms with Crippen LogP contribution in [0.1, 0.15) is 33.3 Å². The molecule has 1 rings (SSSR count). The summed E-state index contributed by atoms with van der Waals surface area (Å²) in [7, 11) is -3.35. The van der Waals surface area contributed by atoms with Crippen LogP contribution in [0.5, 0.6) is 0 Å². The van der Waals surface area contributed by atoms with E-state index < -0.39 is 13.6 Å². The van der Waals surface area contributed by atoms with Crippen LogP contribution in [0, 0.1) is 0 Å². The van der Waals surface area contributed by atoms with Crippen LogP contribution in [-0.2, 0) is 15.9 Å². The summed E-state index contributed by atoms with van der Waals surface area (Å²) >= 11 is 0. The number of anilines is 1. The maximum atomic E-state index is 11.7. The van der Waals surface area contributed by atoms with Crippen LogP contribution in [-0.4, -0.2) is 35.8 Å². The number of amides is 1. The minimum absolute atomic E-state index is 0.172. The Kier molecular flexibility index (Phi) is 8.25. The molecule has 1 amide bonds. The van der Waals surface area contributed by atoms with E-state index in [2.05, 4.69) is 29.6 Å². The van der Waals surface area contributed by atoms with Gasteiger partial charge in [-0.15, -0.1) is 0 Å². The van der Waals surface area contributed by atoms with Crippen LogP contribution in [0.3, 0.4) is 0 Å². The predicted molar refractivity (Wildman–Crippen MR) is 96.4 cm³/mol. The number of nitrogens with one attached hydrogen (secondary N) is 3. The lowest BCUT2D eigenvalue weighted by atomic mass is 10.2. The standard InChI is InChI=1S/C16H28N3O4P/c1-12(2)19-15-7-5-14(6-8-15)11-23-16(20)17-9-10-18-24(21,22)13(3)4/h5-8,12-13,19H,9-11H2,1-4H3,(H,17,20)(H2,18,21,22). The molecular weight excluding hydrogens is 329 g/mol. The van der Waals surface area contributed by atoms with Crippen molar-refractivity contribution in [2.45, 2.75) is 46.0 Å². The number of alkyl carbamates (subject to hydrolysis) is 1. The topological polar surface area (TPSA) is 99.7 Å². The maximum absolute atomic E-state index is 11.7. The quantitative estimate of drug-likeness (QED) is 0.401. The Morgan fingerprint density at radius 3 is 2.33 bits per heavy atom. The zero-order chi connectivity index (χ0) is 18.2. The summed E-state index contributed by atoms with van der Waals surface area (Å²) in [6, 6.07) is 8.02. The highest BCUT2D eigenvalue weighted by Crippen LogP contribution is 2.40. The summed E-state index contributed by atoms with van der Waals surface area (Å²) in [5.74, 6) is 0. The fraction of sp³-hybridized carbons (Fsp3) is 0.562. The number of benzene rings is 1. The van der Waals surface area contributed by atoms with Crippen molar-refractivity contribution in [3.05, 3.63) is 29.8 Å². The van der Waals surface area contributed by atoms with E-state index in [1.165, 1.54) is 0 Å². The SMILES string of the molecule is CC(C)Nc1ccc(COC(=O)NCCNP(=O)(O)C(C)C)cc1. The van der Waals surface area contributed by atoms with Gasteiger partial charge in [0, 0.05) is 30.5 Å². The monoisotopic (exact) mass is 357 g/mol. The minimum Gasteiger partial charge on any atom is -0.445 e. The second-order valence-corrected chi connectivity index (χ2v) is 8.72. The average Bonchev–Trinajstić information content (AvgIpc) is 2.50. The number of hydrogen-bond donors (Lipinski definition) is 4. The third-order valence-electron chi connectivity index (χ3n) is 3.21. The first-order valence-corrected chi connectivity index (χ1v) is 9.77. The lowest BCUT2D eigenvalue weighted by Crippen LogP contribution is -2.32. The highest BCUT2D eigenvalue weighted by atomic mass is 31.2. The van der Waals surface area contributed by atoms with Crippen LogP contribution in [0.2, 0.25) is 0 Å². The van der Waals surface area contributed by atoms with E-state index in [0.29, 0.717) is 6.04 Å². The van der Waals surface area contributed by atoms with Gasteiger partial charge < -0.3 is 20.3 Å². The van der Waals surface area contributed by atoms with Crippen molar-refractivity contribution >= 4 is 19.3 Å². The third-order valence-corrected chi connectivity index (χ3v) is 5.29. The molecule has 0 aliphatic carbocycles. The van der Waals surface area contributed by atoms with E-state index in [-0.39, 0.29) is 25.4 Å². The largest absolute Gasteiger partial charge is 0.445 e.